The van der Waals surface area contributed by atoms with Gasteiger partial charge in [0, 0.05) is 12.2 Å². The second-order valence-corrected chi connectivity index (χ2v) is 3.93. The Balaban J connectivity index is 1.82. The summed E-state index contributed by atoms with van der Waals surface area (Å²) in [5.74, 6) is 9.44. The zero-order chi connectivity index (χ0) is 7.94. The number of thioether (sulfide) groups is 1. The predicted molar refractivity (Wildman–Crippen MR) is 51.8 cm³/mol. The van der Waals surface area contributed by atoms with Gasteiger partial charge in [0.1, 0.15) is 0 Å². The molecule has 11 heavy (non-hydrogen) atoms. The highest BCUT2D eigenvalue weighted by atomic mass is 32.2. The summed E-state index contributed by atoms with van der Waals surface area (Å²) in [4.78, 5) is 0. The average Bonchev–Trinajstić information content (AvgIpc) is 1.93. The Morgan fingerprint density at radius 1 is 1.55 bits per heavy atom. The summed E-state index contributed by atoms with van der Waals surface area (Å²) in [6.45, 7) is 4.36. The molecule has 1 fully saturated rings. The first-order chi connectivity index (χ1) is 5.43. The molecule has 1 heterocycles. The molecule has 0 aliphatic carbocycles. The lowest BCUT2D eigenvalue weighted by Gasteiger charge is -2.26. The molecular formula is C9H15NS. The van der Waals surface area contributed by atoms with Crippen molar-refractivity contribution in [3.8, 4) is 11.8 Å². The van der Waals surface area contributed by atoms with Gasteiger partial charge in [0.05, 0.1) is 0 Å². The zero-order valence-electron chi connectivity index (χ0n) is 7.02. The summed E-state index contributed by atoms with van der Waals surface area (Å²) in [5.41, 5.74) is 0. The van der Waals surface area contributed by atoms with E-state index >= 15 is 0 Å². The summed E-state index contributed by atoms with van der Waals surface area (Å²) in [6.07, 6.45) is 1.06. The highest BCUT2D eigenvalue weighted by Gasteiger charge is 2.15. The molecule has 1 aliphatic heterocycles. The molecule has 0 amide bonds. The van der Waals surface area contributed by atoms with Crippen molar-refractivity contribution in [3.05, 3.63) is 0 Å². The summed E-state index contributed by atoms with van der Waals surface area (Å²) >= 11 is 2.03. The first kappa shape index (κ1) is 8.96. The van der Waals surface area contributed by atoms with Crippen LogP contribution < -0.4 is 5.32 Å². The summed E-state index contributed by atoms with van der Waals surface area (Å²) < 4.78 is 0. The van der Waals surface area contributed by atoms with Crippen LogP contribution in [0, 0.1) is 17.8 Å². The average molecular weight is 169 g/mol. The van der Waals surface area contributed by atoms with E-state index in [1.54, 1.807) is 0 Å². The maximum Gasteiger partial charge on any atom is 0.0179 e. The molecular weight excluding hydrogens is 154 g/mol. The van der Waals surface area contributed by atoms with E-state index in [2.05, 4.69) is 17.2 Å². The van der Waals surface area contributed by atoms with Gasteiger partial charge in [0.2, 0.25) is 0 Å². The van der Waals surface area contributed by atoms with Gasteiger partial charge in [0.25, 0.3) is 0 Å². The van der Waals surface area contributed by atoms with Crippen LogP contribution in [0.2, 0.25) is 0 Å². The molecule has 0 radical (unpaired) electrons. The fraction of sp³-hybridized carbons (Fsp3) is 0.778. The maximum absolute atomic E-state index is 3.27. The first-order valence-electron chi connectivity index (χ1n) is 4.11. The van der Waals surface area contributed by atoms with E-state index in [9.17, 15) is 0 Å². The Labute approximate surface area is 73.3 Å². The minimum atomic E-state index is 0.939. The molecule has 1 N–H and O–H groups in total. The van der Waals surface area contributed by atoms with Gasteiger partial charge in [-0.3, -0.25) is 0 Å². The van der Waals surface area contributed by atoms with Crippen LogP contribution in [0.25, 0.3) is 0 Å². The second-order valence-electron chi connectivity index (χ2n) is 2.78. The third-order valence-corrected chi connectivity index (χ3v) is 2.97. The van der Waals surface area contributed by atoms with Crippen LogP contribution in [-0.2, 0) is 0 Å². The Morgan fingerprint density at radius 3 is 2.91 bits per heavy atom. The Bertz CT molecular complexity index is 153. The third-order valence-electron chi connectivity index (χ3n) is 1.77. The number of nitrogens with one attached hydrogen (secondary N) is 1. The molecule has 0 unspecified atom stereocenters. The van der Waals surface area contributed by atoms with Gasteiger partial charge < -0.3 is 5.32 Å². The van der Waals surface area contributed by atoms with Crippen molar-refractivity contribution in [1.29, 1.82) is 0 Å². The van der Waals surface area contributed by atoms with E-state index in [1.165, 1.54) is 24.6 Å². The van der Waals surface area contributed by atoms with Crippen molar-refractivity contribution in [3.63, 3.8) is 0 Å². The molecule has 0 spiro atoms. The van der Waals surface area contributed by atoms with Crippen molar-refractivity contribution in [2.45, 2.75) is 13.3 Å². The van der Waals surface area contributed by atoms with Crippen molar-refractivity contribution in [2.24, 2.45) is 5.92 Å². The van der Waals surface area contributed by atoms with Gasteiger partial charge in [-0.25, -0.2) is 0 Å². The second kappa shape index (κ2) is 5.51. The zero-order valence-corrected chi connectivity index (χ0v) is 7.84. The largest absolute Gasteiger partial charge is 0.316 e. The topological polar surface area (TPSA) is 12.0 Å². The van der Waals surface area contributed by atoms with E-state index in [4.69, 9.17) is 0 Å². The molecule has 0 atom stereocenters. The van der Waals surface area contributed by atoms with Crippen LogP contribution in [0.1, 0.15) is 13.3 Å². The Morgan fingerprint density at radius 2 is 2.36 bits per heavy atom. The van der Waals surface area contributed by atoms with Crippen LogP contribution in [0.4, 0.5) is 0 Å². The van der Waals surface area contributed by atoms with Crippen molar-refractivity contribution in [1.82, 2.24) is 5.32 Å². The van der Waals surface area contributed by atoms with Crippen LogP contribution in [0.3, 0.4) is 0 Å². The van der Waals surface area contributed by atoms with Gasteiger partial charge in [-0.05, 0) is 31.7 Å². The van der Waals surface area contributed by atoms with E-state index in [-0.39, 0.29) is 0 Å². The maximum atomic E-state index is 3.27. The van der Waals surface area contributed by atoms with Gasteiger partial charge in [-0.1, -0.05) is 0 Å². The summed E-state index contributed by atoms with van der Waals surface area (Å²) in [5, 5.41) is 3.27. The molecule has 2 heteroatoms. The van der Waals surface area contributed by atoms with Gasteiger partial charge in [-0.2, -0.15) is 11.8 Å². The summed E-state index contributed by atoms with van der Waals surface area (Å²) in [6, 6.07) is 0. The minimum absolute atomic E-state index is 0.939. The van der Waals surface area contributed by atoms with Crippen LogP contribution >= 0.6 is 11.8 Å². The molecule has 0 bridgehead atoms. The monoisotopic (exact) mass is 169 g/mol. The number of rotatable bonds is 4. The van der Waals surface area contributed by atoms with Crippen LogP contribution in [-0.4, -0.2) is 24.6 Å². The quantitative estimate of drug-likeness (QED) is 0.503. The number of hydrogen-bond donors (Lipinski definition) is 1. The SMILES string of the molecule is CC#CCCSCC1CNC1. The molecule has 0 saturated carbocycles. The lowest BCUT2D eigenvalue weighted by atomic mass is 10.1. The molecule has 0 aromatic heterocycles. The van der Waals surface area contributed by atoms with Crippen molar-refractivity contribution in [2.75, 3.05) is 24.6 Å². The highest BCUT2D eigenvalue weighted by molar-refractivity contribution is 7.99. The molecule has 1 aliphatic rings. The number of hydrogen-bond acceptors (Lipinski definition) is 2. The summed E-state index contributed by atoms with van der Waals surface area (Å²) in [7, 11) is 0. The normalized spacial score (nSPS) is 16.8. The molecule has 1 saturated heterocycles. The fourth-order valence-corrected chi connectivity index (χ4v) is 1.95. The fourth-order valence-electron chi connectivity index (χ4n) is 0.965. The van der Waals surface area contributed by atoms with Crippen LogP contribution in [0.15, 0.2) is 0 Å². The molecule has 62 valence electrons. The van der Waals surface area contributed by atoms with E-state index < -0.39 is 0 Å². The van der Waals surface area contributed by atoms with E-state index in [1.807, 2.05) is 18.7 Å². The molecule has 0 aromatic rings. The van der Waals surface area contributed by atoms with Gasteiger partial charge in [0.15, 0.2) is 0 Å². The highest BCUT2D eigenvalue weighted by Crippen LogP contribution is 2.12. The standard InChI is InChI=1S/C9H15NS/c1-2-3-4-5-11-8-9-6-10-7-9/h9-10H,4-8H2,1H3. The predicted octanol–water partition coefficient (Wildman–Crippen LogP) is 1.35. The molecule has 1 rings (SSSR count). The lowest BCUT2D eigenvalue weighted by molar-refractivity contribution is 0.385. The van der Waals surface area contributed by atoms with E-state index in [0.29, 0.717) is 0 Å². The van der Waals surface area contributed by atoms with E-state index in [0.717, 1.165) is 12.3 Å². The first-order valence-corrected chi connectivity index (χ1v) is 5.27. The molecule has 0 aromatic carbocycles. The van der Waals surface area contributed by atoms with Crippen molar-refractivity contribution >= 4 is 11.8 Å². The third kappa shape index (κ3) is 3.69. The molecule has 1 nitrogen and oxygen atoms in total. The Kier molecular flexibility index (Phi) is 4.49. The Hall–Kier alpha value is -0.130. The minimum Gasteiger partial charge on any atom is -0.316 e. The van der Waals surface area contributed by atoms with Crippen LogP contribution in [0.5, 0.6) is 0 Å². The van der Waals surface area contributed by atoms with Crippen molar-refractivity contribution < 1.29 is 0 Å². The lowest BCUT2D eigenvalue weighted by Crippen LogP contribution is -2.43. The smallest absolute Gasteiger partial charge is 0.0179 e. The van der Waals surface area contributed by atoms with Gasteiger partial charge in [-0.15, -0.1) is 11.8 Å². The van der Waals surface area contributed by atoms with Gasteiger partial charge >= 0.3 is 0 Å².